The second-order valence-electron chi connectivity index (χ2n) is 3.71. The molecule has 1 nitrogen and oxygen atoms in total. The average molecular weight is 189 g/mol. The molecule has 0 unspecified atom stereocenters. The molecule has 1 heteroatoms. The van der Waals surface area contributed by atoms with Crippen molar-refractivity contribution >= 4 is 6.21 Å². The zero-order valence-corrected chi connectivity index (χ0v) is 9.33. The average Bonchev–Trinajstić information content (AvgIpc) is 2.13. The van der Waals surface area contributed by atoms with E-state index in [1.807, 2.05) is 24.3 Å². The van der Waals surface area contributed by atoms with Crippen molar-refractivity contribution in [3.63, 3.8) is 0 Å². The van der Waals surface area contributed by atoms with E-state index >= 15 is 0 Å². The molecule has 0 saturated heterocycles. The van der Waals surface area contributed by atoms with Crippen LogP contribution in [-0.4, -0.2) is 13.3 Å². The fourth-order valence-electron chi connectivity index (χ4n) is 0.760. The zero-order chi connectivity index (χ0) is 11.0. The van der Waals surface area contributed by atoms with Gasteiger partial charge in [-0.05, 0) is 5.57 Å². The van der Waals surface area contributed by atoms with Crippen LogP contribution in [0.2, 0.25) is 0 Å². The summed E-state index contributed by atoms with van der Waals surface area (Å²) in [6.07, 6.45) is 11.6. The molecule has 0 amide bonds. The molecular formula is C13H19N. The minimum Gasteiger partial charge on any atom is -0.296 e. The Kier molecular flexibility index (Phi) is 5.54. The third-order valence-corrected chi connectivity index (χ3v) is 1.77. The molecule has 0 aliphatic rings. The minimum absolute atomic E-state index is 0.0461. The van der Waals surface area contributed by atoms with E-state index in [0.29, 0.717) is 0 Å². The number of aliphatic imine (C=N–C) groups is 1. The Bertz CT molecular complexity index is 278. The Balaban J connectivity index is 4.18. The van der Waals surface area contributed by atoms with Crippen LogP contribution in [-0.2, 0) is 0 Å². The molecule has 0 N–H and O–H groups in total. The van der Waals surface area contributed by atoms with E-state index in [-0.39, 0.29) is 5.41 Å². The predicted molar refractivity (Wildman–Crippen MR) is 65.8 cm³/mol. The molecule has 76 valence electrons. The Labute approximate surface area is 87.3 Å². The molecule has 0 atom stereocenters. The highest BCUT2D eigenvalue weighted by Gasteiger charge is 2.05. The molecule has 0 bridgehead atoms. The van der Waals surface area contributed by atoms with Gasteiger partial charge >= 0.3 is 0 Å². The highest BCUT2D eigenvalue weighted by Crippen LogP contribution is 2.17. The van der Waals surface area contributed by atoms with Crippen molar-refractivity contribution in [2.75, 3.05) is 7.05 Å². The van der Waals surface area contributed by atoms with Crippen molar-refractivity contribution in [1.29, 1.82) is 0 Å². The summed E-state index contributed by atoms with van der Waals surface area (Å²) in [6.45, 7) is 11.8. The summed E-state index contributed by atoms with van der Waals surface area (Å²) in [5.74, 6) is 0. The lowest BCUT2D eigenvalue weighted by molar-refractivity contribution is 0.628. The number of nitrogens with zero attached hydrogens (tertiary/aromatic N) is 1. The Hall–Kier alpha value is -1.37. The molecule has 0 aromatic rings. The standard InChI is InChI=1S/C13H19N/c1-6-13(3,4)10-8-7-9-12(2)11-14-5/h6-11H,1-2H2,3-5H3/b9-7-,10-8-,14-11-. The molecular weight excluding hydrogens is 170 g/mol. The monoisotopic (exact) mass is 189 g/mol. The first-order valence-corrected chi connectivity index (χ1v) is 4.62. The van der Waals surface area contributed by atoms with Gasteiger partial charge in [0.25, 0.3) is 0 Å². The van der Waals surface area contributed by atoms with E-state index in [1.165, 1.54) is 0 Å². The van der Waals surface area contributed by atoms with Crippen LogP contribution < -0.4 is 0 Å². The molecule has 0 rings (SSSR count). The lowest BCUT2D eigenvalue weighted by Gasteiger charge is -2.12. The second kappa shape index (κ2) is 6.14. The van der Waals surface area contributed by atoms with E-state index in [1.54, 1.807) is 13.3 Å². The van der Waals surface area contributed by atoms with Gasteiger partial charge in [-0.2, -0.15) is 0 Å². The summed E-state index contributed by atoms with van der Waals surface area (Å²) in [6, 6.07) is 0. The van der Waals surface area contributed by atoms with Gasteiger partial charge in [-0.15, -0.1) is 6.58 Å². The van der Waals surface area contributed by atoms with Gasteiger partial charge in [0.1, 0.15) is 0 Å². The van der Waals surface area contributed by atoms with Gasteiger partial charge in [0.05, 0.1) is 0 Å². The van der Waals surface area contributed by atoms with Gasteiger partial charge in [-0.25, -0.2) is 0 Å². The van der Waals surface area contributed by atoms with Crippen LogP contribution in [0, 0.1) is 5.41 Å². The fourth-order valence-corrected chi connectivity index (χ4v) is 0.760. The van der Waals surface area contributed by atoms with E-state index in [4.69, 9.17) is 0 Å². The van der Waals surface area contributed by atoms with Crippen LogP contribution in [0.1, 0.15) is 13.8 Å². The highest BCUT2D eigenvalue weighted by molar-refractivity contribution is 5.81. The third kappa shape index (κ3) is 6.18. The summed E-state index contributed by atoms with van der Waals surface area (Å²) in [7, 11) is 1.73. The highest BCUT2D eigenvalue weighted by atomic mass is 14.6. The van der Waals surface area contributed by atoms with Gasteiger partial charge in [0, 0.05) is 18.7 Å². The maximum Gasteiger partial charge on any atom is 0.0277 e. The van der Waals surface area contributed by atoms with Gasteiger partial charge < -0.3 is 0 Å². The zero-order valence-electron chi connectivity index (χ0n) is 9.33. The molecule has 0 aliphatic heterocycles. The molecule has 0 aromatic carbocycles. The van der Waals surface area contributed by atoms with Crippen LogP contribution in [0.4, 0.5) is 0 Å². The lowest BCUT2D eigenvalue weighted by Crippen LogP contribution is -2.00. The largest absolute Gasteiger partial charge is 0.296 e. The summed E-state index contributed by atoms with van der Waals surface area (Å²) < 4.78 is 0. The van der Waals surface area contributed by atoms with E-state index in [2.05, 4.69) is 38.1 Å². The number of hydrogen-bond acceptors (Lipinski definition) is 1. The van der Waals surface area contributed by atoms with E-state index in [9.17, 15) is 0 Å². The number of hydrogen-bond donors (Lipinski definition) is 0. The van der Waals surface area contributed by atoms with Crippen molar-refractivity contribution in [2.45, 2.75) is 13.8 Å². The van der Waals surface area contributed by atoms with Gasteiger partial charge in [-0.1, -0.05) is 50.8 Å². The predicted octanol–water partition coefficient (Wildman–Crippen LogP) is 3.57. The Morgan fingerprint density at radius 3 is 2.43 bits per heavy atom. The van der Waals surface area contributed by atoms with Crippen molar-refractivity contribution in [3.05, 3.63) is 49.1 Å². The molecule has 0 aliphatic carbocycles. The quantitative estimate of drug-likeness (QED) is 0.356. The van der Waals surface area contributed by atoms with E-state index < -0.39 is 0 Å². The molecule has 14 heavy (non-hydrogen) atoms. The van der Waals surface area contributed by atoms with Crippen molar-refractivity contribution in [1.82, 2.24) is 0 Å². The summed E-state index contributed by atoms with van der Waals surface area (Å²) in [4.78, 5) is 3.86. The summed E-state index contributed by atoms with van der Waals surface area (Å²) in [5.41, 5.74) is 0.943. The lowest BCUT2D eigenvalue weighted by atomic mass is 9.93. The van der Waals surface area contributed by atoms with Crippen LogP contribution in [0.3, 0.4) is 0 Å². The van der Waals surface area contributed by atoms with Crippen LogP contribution in [0.15, 0.2) is 54.1 Å². The van der Waals surface area contributed by atoms with E-state index in [0.717, 1.165) is 5.57 Å². The first-order valence-electron chi connectivity index (χ1n) is 4.62. The summed E-state index contributed by atoms with van der Waals surface area (Å²) in [5, 5.41) is 0. The van der Waals surface area contributed by atoms with Crippen molar-refractivity contribution < 1.29 is 0 Å². The number of rotatable bonds is 5. The van der Waals surface area contributed by atoms with Gasteiger partial charge in [0.2, 0.25) is 0 Å². The van der Waals surface area contributed by atoms with Crippen LogP contribution >= 0.6 is 0 Å². The minimum atomic E-state index is 0.0461. The first-order chi connectivity index (χ1) is 6.52. The van der Waals surface area contributed by atoms with Crippen molar-refractivity contribution in [3.8, 4) is 0 Å². The van der Waals surface area contributed by atoms with Gasteiger partial charge in [0.15, 0.2) is 0 Å². The van der Waals surface area contributed by atoms with Crippen LogP contribution in [0.25, 0.3) is 0 Å². The molecule has 0 aromatic heterocycles. The molecule has 0 spiro atoms. The molecule has 0 saturated carbocycles. The summed E-state index contributed by atoms with van der Waals surface area (Å²) >= 11 is 0. The Morgan fingerprint density at radius 2 is 1.93 bits per heavy atom. The smallest absolute Gasteiger partial charge is 0.0277 e. The van der Waals surface area contributed by atoms with Crippen molar-refractivity contribution in [2.24, 2.45) is 10.4 Å². The third-order valence-electron chi connectivity index (χ3n) is 1.77. The SMILES string of the molecule is C=CC(C)(C)/C=C\C=C/C(=C)/C=N\C. The number of allylic oxidation sites excluding steroid dienone is 6. The van der Waals surface area contributed by atoms with Gasteiger partial charge in [-0.3, -0.25) is 4.99 Å². The normalized spacial score (nSPS) is 13.1. The first kappa shape index (κ1) is 12.6. The Morgan fingerprint density at radius 1 is 1.29 bits per heavy atom. The fraction of sp³-hybridized carbons (Fsp3) is 0.308. The topological polar surface area (TPSA) is 12.4 Å². The molecule has 0 heterocycles. The maximum absolute atomic E-state index is 3.86. The maximum atomic E-state index is 3.86. The second-order valence-corrected chi connectivity index (χ2v) is 3.71. The van der Waals surface area contributed by atoms with Crippen LogP contribution in [0.5, 0.6) is 0 Å². The molecule has 0 fully saturated rings. The molecule has 0 radical (unpaired) electrons.